The van der Waals surface area contributed by atoms with E-state index in [9.17, 15) is 22.9 Å². The van der Waals surface area contributed by atoms with E-state index in [0.717, 1.165) is 11.8 Å². The number of benzene rings is 2. The predicted molar refractivity (Wildman–Crippen MR) is 100 cm³/mol. The third kappa shape index (κ3) is 4.01. The minimum absolute atomic E-state index is 0.148. The number of nitro groups is 1. The van der Waals surface area contributed by atoms with E-state index in [1.54, 1.807) is 12.1 Å². The average Bonchev–Trinajstić information content (AvgIpc) is 2.68. The number of hydrogen-bond donors (Lipinski definition) is 1. The van der Waals surface area contributed by atoms with Crippen molar-refractivity contribution >= 4 is 27.1 Å². The summed E-state index contributed by atoms with van der Waals surface area (Å²) in [5.74, 6) is -0.301. The van der Waals surface area contributed by atoms with Gasteiger partial charge in [-0.05, 0) is 43.4 Å². The first kappa shape index (κ1) is 19.1. The van der Waals surface area contributed by atoms with E-state index in [4.69, 9.17) is 0 Å². The fourth-order valence-electron chi connectivity index (χ4n) is 3.06. The van der Waals surface area contributed by atoms with Crippen molar-refractivity contribution < 1.29 is 17.7 Å². The van der Waals surface area contributed by atoms with Crippen molar-refractivity contribution in [1.82, 2.24) is 4.72 Å². The van der Waals surface area contributed by atoms with E-state index in [1.165, 1.54) is 31.3 Å². The molecule has 0 bridgehead atoms. The summed E-state index contributed by atoms with van der Waals surface area (Å²) >= 11 is 0. The smallest absolute Gasteiger partial charge is 0.293 e. The number of sulfonamides is 1. The highest BCUT2D eigenvalue weighted by Crippen LogP contribution is 2.32. The maximum atomic E-state index is 13.1. The molecule has 8 nitrogen and oxygen atoms in total. The summed E-state index contributed by atoms with van der Waals surface area (Å²) in [4.78, 5) is 14.7. The second-order valence-electron chi connectivity index (χ2n) is 6.07. The van der Waals surface area contributed by atoms with Crippen molar-refractivity contribution in [3.8, 4) is 0 Å². The number of anilines is 2. The van der Waals surface area contributed by atoms with Gasteiger partial charge in [-0.3, -0.25) is 10.1 Å². The van der Waals surface area contributed by atoms with Crippen LogP contribution in [-0.4, -0.2) is 46.6 Å². The summed E-state index contributed by atoms with van der Waals surface area (Å²) in [5.41, 5.74) is 1.02. The molecule has 1 aliphatic heterocycles. The number of nitrogens with one attached hydrogen (secondary N) is 1. The molecule has 0 aliphatic carbocycles. The molecule has 144 valence electrons. The maximum absolute atomic E-state index is 13.1. The summed E-state index contributed by atoms with van der Waals surface area (Å²) in [6, 6.07) is 10.1. The first-order valence-electron chi connectivity index (χ1n) is 8.29. The number of hydrogen-bond acceptors (Lipinski definition) is 6. The Kier molecular flexibility index (Phi) is 5.29. The fourth-order valence-corrected chi connectivity index (χ4v) is 3.81. The zero-order chi connectivity index (χ0) is 19.6. The summed E-state index contributed by atoms with van der Waals surface area (Å²) in [5, 5.41) is 11.5. The quantitative estimate of drug-likeness (QED) is 0.615. The molecule has 2 aromatic carbocycles. The Morgan fingerprint density at radius 1 is 1.04 bits per heavy atom. The van der Waals surface area contributed by atoms with Crippen LogP contribution in [0.5, 0.6) is 0 Å². The monoisotopic (exact) mass is 394 g/mol. The second-order valence-corrected chi connectivity index (χ2v) is 7.95. The maximum Gasteiger partial charge on any atom is 0.293 e. The van der Waals surface area contributed by atoms with Gasteiger partial charge in [0.1, 0.15) is 11.5 Å². The molecule has 0 amide bonds. The van der Waals surface area contributed by atoms with Gasteiger partial charge in [-0.25, -0.2) is 17.5 Å². The third-order valence-corrected chi connectivity index (χ3v) is 5.95. The Hall–Kier alpha value is -2.72. The van der Waals surface area contributed by atoms with E-state index in [-0.39, 0.29) is 16.4 Å². The van der Waals surface area contributed by atoms with Crippen LogP contribution in [0, 0.1) is 15.9 Å². The van der Waals surface area contributed by atoms with Crippen molar-refractivity contribution in [1.29, 1.82) is 0 Å². The van der Waals surface area contributed by atoms with Gasteiger partial charge in [0.2, 0.25) is 10.0 Å². The molecular weight excluding hydrogens is 375 g/mol. The van der Waals surface area contributed by atoms with Gasteiger partial charge in [0.05, 0.1) is 9.82 Å². The van der Waals surface area contributed by atoms with Gasteiger partial charge in [-0.1, -0.05) is 0 Å². The van der Waals surface area contributed by atoms with E-state index >= 15 is 0 Å². The van der Waals surface area contributed by atoms with Crippen molar-refractivity contribution in [2.75, 3.05) is 43.0 Å². The number of halogens is 1. The highest BCUT2D eigenvalue weighted by molar-refractivity contribution is 7.89. The summed E-state index contributed by atoms with van der Waals surface area (Å²) in [6.45, 7) is 2.27. The van der Waals surface area contributed by atoms with Gasteiger partial charge in [0.25, 0.3) is 5.69 Å². The van der Waals surface area contributed by atoms with Crippen LogP contribution in [0.4, 0.5) is 21.5 Å². The molecule has 1 aliphatic rings. The highest BCUT2D eigenvalue weighted by atomic mass is 32.2. The van der Waals surface area contributed by atoms with Gasteiger partial charge < -0.3 is 9.80 Å². The molecule has 0 spiro atoms. The largest absolute Gasteiger partial charge is 0.368 e. The van der Waals surface area contributed by atoms with Crippen LogP contribution in [0.15, 0.2) is 47.4 Å². The van der Waals surface area contributed by atoms with Crippen LogP contribution in [-0.2, 0) is 10.0 Å². The normalized spacial score (nSPS) is 15.0. The Morgan fingerprint density at radius 3 is 2.19 bits per heavy atom. The van der Waals surface area contributed by atoms with Gasteiger partial charge >= 0.3 is 0 Å². The lowest BCUT2D eigenvalue weighted by Crippen LogP contribution is -2.46. The SMILES string of the molecule is CNS(=O)(=O)c1ccc(N2CCN(c3ccc(F)cc3)CC2)c([N+](=O)[O-])c1. The van der Waals surface area contributed by atoms with E-state index in [0.29, 0.717) is 31.9 Å². The molecule has 0 saturated carbocycles. The molecule has 1 N–H and O–H groups in total. The Bertz CT molecular complexity index is 942. The molecule has 1 fully saturated rings. The summed E-state index contributed by atoms with van der Waals surface area (Å²) in [7, 11) is -2.51. The average molecular weight is 394 g/mol. The van der Waals surface area contributed by atoms with Crippen LogP contribution >= 0.6 is 0 Å². The molecule has 0 unspecified atom stereocenters. The number of rotatable bonds is 5. The predicted octanol–water partition coefficient (Wildman–Crippen LogP) is 1.97. The molecular formula is C17H19FN4O4S. The third-order valence-electron chi connectivity index (χ3n) is 4.53. The molecule has 0 atom stereocenters. The summed E-state index contributed by atoms with van der Waals surface area (Å²) in [6.07, 6.45) is 0. The lowest BCUT2D eigenvalue weighted by atomic mass is 10.2. The lowest BCUT2D eigenvalue weighted by molar-refractivity contribution is -0.384. The molecule has 10 heteroatoms. The molecule has 0 aromatic heterocycles. The van der Waals surface area contributed by atoms with Crippen LogP contribution in [0.1, 0.15) is 0 Å². The molecule has 1 saturated heterocycles. The van der Waals surface area contributed by atoms with Crippen molar-refractivity contribution in [3.63, 3.8) is 0 Å². The van der Waals surface area contributed by atoms with Gasteiger partial charge in [-0.2, -0.15) is 0 Å². The van der Waals surface area contributed by atoms with Crippen LogP contribution < -0.4 is 14.5 Å². The van der Waals surface area contributed by atoms with E-state index in [2.05, 4.69) is 9.62 Å². The van der Waals surface area contributed by atoms with Crippen molar-refractivity contribution in [3.05, 3.63) is 58.4 Å². The molecule has 0 radical (unpaired) electrons. The van der Waals surface area contributed by atoms with Gasteiger partial charge in [-0.15, -0.1) is 0 Å². The first-order chi connectivity index (χ1) is 12.8. The fraction of sp³-hybridized carbons (Fsp3) is 0.294. The number of nitrogens with zero attached hydrogens (tertiary/aromatic N) is 3. The standard InChI is InChI=1S/C17H19FN4O4S/c1-19-27(25,26)15-6-7-16(17(12-15)22(23)24)21-10-8-20(9-11-21)14-4-2-13(18)3-5-14/h2-7,12,19H,8-11H2,1H3. The molecule has 2 aromatic rings. The summed E-state index contributed by atoms with van der Waals surface area (Å²) < 4.78 is 39.0. The van der Waals surface area contributed by atoms with Gasteiger partial charge in [0, 0.05) is 37.9 Å². The van der Waals surface area contributed by atoms with Crippen molar-refractivity contribution in [2.24, 2.45) is 0 Å². The zero-order valence-electron chi connectivity index (χ0n) is 14.6. The first-order valence-corrected chi connectivity index (χ1v) is 9.77. The second kappa shape index (κ2) is 7.49. The molecule has 27 heavy (non-hydrogen) atoms. The van der Waals surface area contributed by atoms with Crippen LogP contribution in [0.25, 0.3) is 0 Å². The van der Waals surface area contributed by atoms with E-state index < -0.39 is 14.9 Å². The van der Waals surface area contributed by atoms with Crippen molar-refractivity contribution in [2.45, 2.75) is 4.90 Å². The number of piperazine rings is 1. The lowest BCUT2D eigenvalue weighted by Gasteiger charge is -2.37. The topological polar surface area (TPSA) is 95.8 Å². The van der Waals surface area contributed by atoms with E-state index in [1.807, 2.05) is 4.90 Å². The van der Waals surface area contributed by atoms with Gasteiger partial charge in [0.15, 0.2) is 0 Å². The minimum Gasteiger partial charge on any atom is -0.368 e. The number of nitro benzene ring substituents is 1. The Labute approximate surface area is 156 Å². The molecule has 1 heterocycles. The highest BCUT2D eigenvalue weighted by Gasteiger charge is 2.26. The van der Waals surface area contributed by atoms with Crippen LogP contribution in [0.3, 0.4) is 0 Å². The minimum atomic E-state index is -3.76. The Balaban J connectivity index is 1.81. The molecule has 3 rings (SSSR count). The zero-order valence-corrected chi connectivity index (χ0v) is 15.4. The Morgan fingerprint density at radius 2 is 1.63 bits per heavy atom. The van der Waals surface area contributed by atoms with Crippen LogP contribution in [0.2, 0.25) is 0 Å².